The predicted octanol–water partition coefficient (Wildman–Crippen LogP) is 0.489. The van der Waals surface area contributed by atoms with Gasteiger partial charge in [0.25, 0.3) is 0 Å². The number of hydrogen-bond acceptors (Lipinski definition) is 1. The quantitative estimate of drug-likeness (QED) is 0.686. The second-order valence-electron chi connectivity index (χ2n) is 1.70. The van der Waals surface area contributed by atoms with Gasteiger partial charge in [-0.3, -0.25) is 0 Å². The van der Waals surface area contributed by atoms with E-state index in [1.54, 1.807) is 7.11 Å². The first-order valence-electron chi connectivity index (χ1n) is 2.69. The normalized spacial score (nSPS) is 9.11. The zero-order valence-corrected chi connectivity index (χ0v) is 9.11. The van der Waals surface area contributed by atoms with Gasteiger partial charge in [0.2, 0.25) is 0 Å². The SMILES string of the molecule is COc1cccc[c]1[Pb]. The van der Waals surface area contributed by atoms with Gasteiger partial charge in [-0.05, 0) is 0 Å². The molecule has 0 aliphatic rings. The fourth-order valence-electron chi connectivity index (χ4n) is 0.645. The summed E-state index contributed by atoms with van der Waals surface area (Å²) in [7, 11) is 1.71. The molecular weight excluding hydrogens is 307 g/mol. The van der Waals surface area contributed by atoms with Crippen LogP contribution >= 0.6 is 0 Å². The van der Waals surface area contributed by atoms with Gasteiger partial charge in [-0.15, -0.1) is 0 Å². The number of para-hydroxylation sites is 1. The van der Waals surface area contributed by atoms with E-state index in [1.807, 2.05) is 18.2 Å². The van der Waals surface area contributed by atoms with Crippen LogP contribution in [0.1, 0.15) is 0 Å². The summed E-state index contributed by atoms with van der Waals surface area (Å²) >= 11 is 1.06. The van der Waals surface area contributed by atoms with Crippen LogP contribution in [0.3, 0.4) is 0 Å². The average Bonchev–Trinajstić information content (AvgIpc) is 1.89. The average molecular weight is 314 g/mol. The van der Waals surface area contributed by atoms with Gasteiger partial charge in [0.15, 0.2) is 0 Å². The summed E-state index contributed by atoms with van der Waals surface area (Å²) < 4.78 is 6.40. The third-order valence-corrected chi connectivity index (χ3v) is 2.71. The Balaban J connectivity index is 3.01. The molecule has 0 spiro atoms. The van der Waals surface area contributed by atoms with E-state index in [9.17, 15) is 0 Å². The summed E-state index contributed by atoms with van der Waals surface area (Å²) in [5, 5.41) is 0. The molecule has 0 aliphatic heterocycles. The Hall–Kier alpha value is -0.0579. The number of rotatable bonds is 1. The van der Waals surface area contributed by atoms with Crippen LogP contribution in [0.15, 0.2) is 24.3 Å². The summed E-state index contributed by atoms with van der Waals surface area (Å²) in [6, 6.07) is 8.10. The van der Waals surface area contributed by atoms with E-state index in [0.29, 0.717) is 0 Å². The summed E-state index contributed by atoms with van der Waals surface area (Å²) in [5.41, 5.74) is 0. The van der Waals surface area contributed by atoms with Crippen molar-refractivity contribution in [1.82, 2.24) is 0 Å². The van der Waals surface area contributed by atoms with E-state index >= 15 is 0 Å². The molecule has 0 saturated carbocycles. The van der Waals surface area contributed by atoms with Crippen LogP contribution in [0.4, 0.5) is 0 Å². The molecule has 2 heteroatoms. The van der Waals surface area contributed by atoms with Gasteiger partial charge >= 0.3 is 70.8 Å². The van der Waals surface area contributed by atoms with Gasteiger partial charge in [0.05, 0.1) is 0 Å². The molecule has 0 aromatic heterocycles. The molecule has 0 heterocycles. The molecule has 1 aromatic carbocycles. The Bertz CT molecular complexity index is 198. The van der Waals surface area contributed by atoms with Gasteiger partial charge in [-0.1, -0.05) is 0 Å². The fraction of sp³-hybridized carbons (Fsp3) is 0.143. The van der Waals surface area contributed by atoms with E-state index in [-0.39, 0.29) is 0 Å². The zero-order chi connectivity index (χ0) is 6.69. The van der Waals surface area contributed by atoms with Crippen LogP contribution in [0.2, 0.25) is 0 Å². The summed E-state index contributed by atoms with van der Waals surface area (Å²) in [5.74, 6) is 1.02. The third kappa shape index (κ3) is 1.67. The zero-order valence-electron chi connectivity index (χ0n) is 5.22. The van der Waals surface area contributed by atoms with Gasteiger partial charge in [-0.2, -0.15) is 0 Å². The van der Waals surface area contributed by atoms with Crippen molar-refractivity contribution >= 4 is 28.9 Å². The van der Waals surface area contributed by atoms with Crippen LogP contribution in [0.5, 0.6) is 5.75 Å². The molecule has 0 aliphatic carbocycles. The van der Waals surface area contributed by atoms with Gasteiger partial charge in [0, 0.05) is 0 Å². The predicted molar refractivity (Wildman–Crippen MR) is 38.4 cm³/mol. The topological polar surface area (TPSA) is 9.23 Å². The summed E-state index contributed by atoms with van der Waals surface area (Å²) in [4.78, 5) is 0. The first-order valence-corrected chi connectivity index (χ1v) is 4.63. The van der Waals surface area contributed by atoms with Crippen LogP contribution < -0.4 is 7.86 Å². The Labute approximate surface area is 70.7 Å². The molecule has 0 N–H and O–H groups in total. The fourth-order valence-corrected chi connectivity index (χ4v) is 1.74. The molecule has 0 atom stereocenters. The van der Waals surface area contributed by atoms with E-state index in [0.717, 1.165) is 31.5 Å². The van der Waals surface area contributed by atoms with Crippen molar-refractivity contribution in [2.75, 3.05) is 7.11 Å². The monoisotopic (exact) mass is 315 g/mol. The number of methoxy groups -OCH3 is 1. The number of ether oxygens (including phenoxy) is 1. The van der Waals surface area contributed by atoms with Crippen molar-refractivity contribution in [2.45, 2.75) is 0 Å². The molecule has 0 saturated heterocycles. The van der Waals surface area contributed by atoms with Crippen molar-refractivity contribution in [3.63, 3.8) is 0 Å². The molecular formula is C7H7OPb. The Morgan fingerprint density at radius 1 is 1.33 bits per heavy atom. The number of hydrogen-bond donors (Lipinski definition) is 0. The molecule has 0 unspecified atom stereocenters. The van der Waals surface area contributed by atoms with Crippen LogP contribution in [0.25, 0.3) is 0 Å². The van der Waals surface area contributed by atoms with Crippen molar-refractivity contribution in [3.05, 3.63) is 24.3 Å². The molecule has 0 amide bonds. The van der Waals surface area contributed by atoms with Crippen molar-refractivity contribution in [2.24, 2.45) is 0 Å². The van der Waals surface area contributed by atoms with Crippen LogP contribution in [0, 0.1) is 0 Å². The second kappa shape index (κ2) is 3.20. The molecule has 45 valence electrons. The third-order valence-electron chi connectivity index (χ3n) is 1.11. The standard InChI is InChI=1S/C7H7O.Pb/c1-8-7-5-3-2-4-6-7;/h2-5H,1H3;. The minimum absolute atomic E-state index is 1.02. The van der Waals surface area contributed by atoms with Crippen molar-refractivity contribution < 1.29 is 4.74 Å². The Morgan fingerprint density at radius 2 is 2.00 bits per heavy atom. The van der Waals surface area contributed by atoms with E-state index in [1.165, 1.54) is 3.12 Å². The maximum atomic E-state index is 5.08. The van der Waals surface area contributed by atoms with Gasteiger partial charge in [0.1, 0.15) is 0 Å². The van der Waals surface area contributed by atoms with Crippen molar-refractivity contribution in [1.29, 1.82) is 0 Å². The number of benzene rings is 1. The Morgan fingerprint density at radius 3 is 2.44 bits per heavy atom. The van der Waals surface area contributed by atoms with E-state index in [4.69, 9.17) is 4.74 Å². The van der Waals surface area contributed by atoms with Crippen molar-refractivity contribution in [3.8, 4) is 5.75 Å². The molecule has 9 heavy (non-hydrogen) atoms. The summed E-state index contributed by atoms with van der Waals surface area (Å²) in [6.07, 6.45) is 0. The maximum absolute atomic E-state index is 5.08. The molecule has 1 nitrogen and oxygen atoms in total. The first kappa shape index (κ1) is 7.05. The minimum atomic E-state index is 1.02. The van der Waals surface area contributed by atoms with Gasteiger partial charge < -0.3 is 0 Å². The van der Waals surface area contributed by atoms with E-state index < -0.39 is 0 Å². The second-order valence-corrected chi connectivity index (χ2v) is 3.79. The van der Waals surface area contributed by atoms with Crippen LogP contribution in [-0.4, -0.2) is 32.9 Å². The van der Waals surface area contributed by atoms with E-state index in [2.05, 4.69) is 6.07 Å². The Kier molecular flexibility index (Phi) is 2.51. The van der Waals surface area contributed by atoms with Crippen LogP contribution in [-0.2, 0) is 0 Å². The molecule has 3 radical (unpaired) electrons. The molecule has 0 bridgehead atoms. The van der Waals surface area contributed by atoms with Gasteiger partial charge in [-0.25, -0.2) is 0 Å². The molecule has 1 rings (SSSR count). The molecule has 1 aromatic rings. The first-order chi connectivity index (χ1) is 4.34. The molecule has 0 fully saturated rings. The summed E-state index contributed by atoms with van der Waals surface area (Å²) in [6.45, 7) is 0.